The van der Waals surface area contributed by atoms with Crippen LogP contribution in [0, 0.1) is 5.82 Å². The van der Waals surface area contributed by atoms with Crippen LogP contribution in [0.5, 0.6) is 5.75 Å². The van der Waals surface area contributed by atoms with Crippen molar-refractivity contribution < 1.29 is 18.7 Å². The lowest BCUT2D eigenvalue weighted by atomic mass is 10.1. The number of ether oxygens (including phenoxy) is 2. The normalized spacial score (nSPS) is 10.4. The summed E-state index contributed by atoms with van der Waals surface area (Å²) < 4.78 is 23.4. The van der Waals surface area contributed by atoms with Crippen molar-refractivity contribution in [3.63, 3.8) is 0 Å². The minimum atomic E-state index is -0.338. The Labute approximate surface area is 118 Å². The zero-order valence-electron chi connectivity index (χ0n) is 11.9. The van der Waals surface area contributed by atoms with Crippen LogP contribution in [0.15, 0.2) is 30.9 Å². The van der Waals surface area contributed by atoms with Crippen LogP contribution in [0.1, 0.15) is 12.5 Å². The molecule has 0 aliphatic carbocycles. The highest BCUT2D eigenvalue weighted by Crippen LogP contribution is 2.21. The Morgan fingerprint density at radius 1 is 1.50 bits per heavy atom. The molecular formula is C15H20FNO3. The molecule has 110 valence electrons. The van der Waals surface area contributed by atoms with Crippen LogP contribution in [0.2, 0.25) is 0 Å². The second-order valence-corrected chi connectivity index (χ2v) is 4.22. The van der Waals surface area contributed by atoms with Crippen LogP contribution < -0.4 is 4.74 Å². The highest BCUT2D eigenvalue weighted by atomic mass is 19.1. The summed E-state index contributed by atoms with van der Waals surface area (Å²) in [6.07, 6.45) is 1.69. The lowest BCUT2D eigenvalue weighted by Gasteiger charge is -2.20. The monoisotopic (exact) mass is 281 g/mol. The van der Waals surface area contributed by atoms with Gasteiger partial charge in [-0.3, -0.25) is 9.69 Å². The number of hydrogen-bond acceptors (Lipinski definition) is 4. The summed E-state index contributed by atoms with van der Waals surface area (Å²) in [4.78, 5) is 13.3. The number of carbonyl (C=O) groups is 1. The molecule has 1 aromatic carbocycles. The van der Waals surface area contributed by atoms with E-state index < -0.39 is 0 Å². The van der Waals surface area contributed by atoms with Crippen LogP contribution in [-0.2, 0) is 16.1 Å². The summed E-state index contributed by atoms with van der Waals surface area (Å²) in [6.45, 7) is 6.75. The van der Waals surface area contributed by atoms with Gasteiger partial charge in [0.25, 0.3) is 0 Å². The Kier molecular flexibility index (Phi) is 6.73. The van der Waals surface area contributed by atoms with Crippen LogP contribution >= 0.6 is 0 Å². The molecule has 0 aliphatic heterocycles. The van der Waals surface area contributed by atoms with Crippen LogP contribution in [0.25, 0.3) is 0 Å². The topological polar surface area (TPSA) is 38.8 Å². The van der Waals surface area contributed by atoms with Gasteiger partial charge in [-0.2, -0.15) is 0 Å². The van der Waals surface area contributed by atoms with Gasteiger partial charge in [0.15, 0.2) is 0 Å². The molecule has 0 N–H and O–H groups in total. The first-order chi connectivity index (χ1) is 9.60. The molecule has 0 amide bonds. The quantitative estimate of drug-likeness (QED) is 0.542. The molecule has 0 atom stereocenters. The molecule has 0 aliphatic rings. The van der Waals surface area contributed by atoms with Gasteiger partial charge in [-0.25, -0.2) is 4.39 Å². The van der Waals surface area contributed by atoms with Crippen molar-refractivity contribution in [2.24, 2.45) is 0 Å². The molecule has 0 heterocycles. The predicted molar refractivity (Wildman–Crippen MR) is 75.1 cm³/mol. The second-order valence-electron chi connectivity index (χ2n) is 4.22. The molecule has 0 radical (unpaired) electrons. The van der Waals surface area contributed by atoms with E-state index in [-0.39, 0.29) is 18.3 Å². The van der Waals surface area contributed by atoms with Crippen LogP contribution in [0.3, 0.4) is 0 Å². The molecular weight excluding hydrogens is 261 g/mol. The number of rotatable bonds is 8. The Hall–Kier alpha value is -1.88. The zero-order valence-corrected chi connectivity index (χ0v) is 11.9. The van der Waals surface area contributed by atoms with E-state index in [1.165, 1.54) is 19.2 Å². The molecule has 4 nitrogen and oxygen atoms in total. The van der Waals surface area contributed by atoms with Gasteiger partial charge in [0, 0.05) is 18.7 Å². The average Bonchev–Trinajstić information content (AvgIpc) is 2.39. The average molecular weight is 281 g/mol. The smallest absolute Gasteiger partial charge is 0.320 e. The van der Waals surface area contributed by atoms with Gasteiger partial charge < -0.3 is 9.47 Å². The fraction of sp³-hybridized carbons (Fsp3) is 0.400. The Balaban J connectivity index is 2.81. The number of methoxy groups -OCH3 is 1. The number of benzene rings is 1. The van der Waals surface area contributed by atoms with Gasteiger partial charge in [0.2, 0.25) is 0 Å². The van der Waals surface area contributed by atoms with Crippen molar-refractivity contribution in [1.82, 2.24) is 4.90 Å². The number of nitrogens with zero attached hydrogens (tertiary/aromatic N) is 1. The first-order valence-electron chi connectivity index (χ1n) is 6.42. The van der Waals surface area contributed by atoms with Gasteiger partial charge >= 0.3 is 5.97 Å². The third-order valence-electron chi connectivity index (χ3n) is 2.68. The third kappa shape index (κ3) is 5.01. The number of hydrogen-bond donors (Lipinski definition) is 0. The van der Waals surface area contributed by atoms with Gasteiger partial charge in [0.05, 0.1) is 20.3 Å². The minimum absolute atomic E-state index is 0.125. The Bertz CT molecular complexity index is 462. The summed E-state index contributed by atoms with van der Waals surface area (Å²) >= 11 is 0. The van der Waals surface area contributed by atoms with Gasteiger partial charge in [-0.15, -0.1) is 6.58 Å². The maximum Gasteiger partial charge on any atom is 0.320 e. The van der Waals surface area contributed by atoms with Gasteiger partial charge in [-0.1, -0.05) is 6.08 Å². The van der Waals surface area contributed by atoms with Gasteiger partial charge in [-0.05, 0) is 25.1 Å². The van der Waals surface area contributed by atoms with Crippen molar-refractivity contribution >= 4 is 5.97 Å². The number of halogens is 1. The Morgan fingerprint density at radius 2 is 2.25 bits per heavy atom. The van der Waals surface area contributed by atoms with E-state index in [1.54, 1.807) is 19.1 Å². The molecule has 20 heavy (non-hydrogen) atoms. The largest absolute Gasteiger partial charge is 0.496 e. The fourth-order valence-electron chi connectivity index (χ4n) is 1.87. The number of esters is 1. The van der Waals surface area contributed by atoms with E-state index in [2.05, 4.69) is 6.58 Å². The van der Waals surface area contributed by atoms with E-state index in [9.17, 15) is 9.18 Å². The lowest BCUT2D eigenvalue weighted by molar-refractivity contribution is -0.144. The van der Waals surface area contributed by atoms with E-state index in [0.29, 0.717) is 31.0 Å². The summed E-state index contributed by atoms with van der Waals surface area (Å²) in [5, 5.41) is 0. The van der Waals surface area contributed by atoms with Gasteiger partial charge in [0.1, 0.15) is 11.6 Å². The highest BCUT2D eigenvalue weighted by Gasteiger charge is 2.14. The van der Waals surface area contributed by atoms with Crippen LogP contribution in [0.4, 0.5) is 4.39 Å². The molecule has 1 rings (SSSR count). The van der Waals surface area contributed by atoms with Crippen molar-refractivity contribution in [2.75, 3.05) is 26.8 Å². The summed E-state index contributed by atoms with van der Waals surface area (Å²) in [7, 11) is 1.53. The lowest BCUT2D eigenvalue weighted by Crippen LogP contribution is -2.31. The maximum absolute atomic E-state index is 13.3. The molecule has 1 aromatic rings. The molecule has 0 spiro atoms. The molecule has 0 aromatic heterocycles. The standard InChI is InChI=1S/C15H20FNO3/c1-4-8-17(11-15(18)20-5-2)10-12-9-13(16)6-7-14(12)19-3/h4,6-7,9H,1,5,8,10-11H2,2-3H3. The third-order valence-corrected chi connectivity index (χ3v) is 2.68. The van der Waals surface area contributed by atoms with E-state index in [4.69, 9.17) is 9.47 Å². The predicted octanol–water partition coefficient (Wildman–Crippen LogP) is 2.39. The zero-order chi connectivity index (χ0) is 15.0. The van der Waals surface area contributed by atoms with Crippen molar-refractivity contribution in [2.45, 2.75) is 13.5 Å². The first-order valence-corrected chi connectivity index (χ1v) is 6.42. The molecule has 0 unspecified atom stereocenters. The maximum atomic E-state index is 13.3. The first kappa shape index (κ1) is 16.2. The molecule has 0 saturated heterocycles. The van der Waals surface area contributed by atoms with Crippen molar-refractivity contribution in [1.29, 1.82) is 0 Å². The number of carbonyl (C=O) groups excluding carboxylic acids is 1. The van der Waals surface area contributed by atoms with E-state index in [0.717, 1.165) is 0 Å². The second kappa shape index (κ2) is 8.32. The van der Waals surface area contributed by atoms with Crippen molar-refractivity contribution in [3.05, 3.63) is 42.2 Å². The highest BCUT2D eigenvalue weighted by molar-refractivity contribution is 5.71. The molecule has 5 heteroatoms. The molecule has 0 saturated carbocycles. The SMILES string of the molecule is C=CCN(CC(=O)OCC)Cc1cc(F)ccc1OC. The summed E-state index contributed by atoms with van der Waals surface area (Å²) in [5.41, 5.74) is 0.679. The molecule has 0 bridgehead atoms. The Morgan fingerprint density at radius 3 is 2.85 bits per heavy atom. The summed E-state index contributed by atoms with van der Waals surface area (Å²) in [5.74, 6) is -0.0653. The van der Waals surface area contributed by atoms with E-state index in [1.807, 2.05) is 4.90 Å². The molecule has 0 fully saturated rings. The van der Waals surface area contributed by atoms with Crippen LogP contribution in [-0.4, -0.2) is 37.7 Å². The summed E-state index contributed by atoms with van der Waals surface area (Å²) in [6, 6.07) is 4.31. The van der Waals surface area contributed by atoms with E-state index >= 15 is 0 Å². The fourth-order valence-corrected chi connectivity index (χ4v) is 1.87. The minimum Gasteiger partial charge on any atom is -0.496 e. The van der Waals surface area contributed by atoms with Crippen molar-refractivity contribution in [3.8, 4) is 5.75 Å².